The van der Waals surface area contributed by atoms with Gasteiger partial charge in [-0.25, -0.2) is 0 Å². The summed E-state index contributed by atoms with van der Waals surface area (Å²) in [5.41, 5.74) is 8.01. The highest BCUT2D eigenvalue weighted by atomic mass is 14.9. The summed E-state index contributed by atoms with van der Waals surface area (Å²) in [6, 6.07) is 17.8. The highest BCUT2D eigenvalue weighted by Crippen LogP contribution is 2.45. The predicted molar refractivity (Wildman–Crippen MR) is 163 cm³/mol. The number of nitrogens with one attached hydrogen (secondary N) is 1. The first kappa shape index (κ1) is 27.2. The van der Waals surface area contributed by atoms with Gasteiger partial charge in [-0.3, -0.25) is 0 Å². The second-order valence-corrected chi connectivity index (χ2v) is 13.1. The van der Waals surface area contributed by atoms with Crippen LogP contribution in [0.4, 0.5) is 11.4 Å². The van der Waals surface area contributed by atoms with Gasteiger partial charge < -0.3 is 5.32 Å². The molecule has 1 saturated carbocycles. The molecular weight excluding hydrogens is 446 g/mol. The SMILES string of the molecule is CC1=C(c2ccccc2Nc2ccccc2C2(C)CC(C)CCC(C)C2)\C=C/C(C(C)(C)C)C=C/C=C\1. The fourth-order valence-corrected chi connectivity index (χ4v) is 6.45. The van der Waals surface area contributed by atoms with Gasteiger partial charge in [-0.05, 0) is 71.3 Å². The topological polar surface area (TPSA) is 12.0 Å². The first-order valence-electron chi connectivity index (χ1n) is 14.3. The van der Waals surface area contributed by atoms with Gasteiger partial charge in [0, 0.05) is 22.9 Å². The van der Waals surface area contributed by atoms with Crippen LogP contribution in [0.15, 0.2) is 90.6 Å². The molecular formula is C36H47N. The minimum atomic E-state index is 0.170. The summed E-state index contributed by atoms with van der Waals surface area (Å²) in [6.07, 6.45) is 18.8. The summed E-state index contributed by atoms with van der Waals surface area (Å²) in [6.45, 7) is 16.5. The van der Waals surface area contributed by atoms with Gasteiger partial charge in [0.2, 0.25) is 0 Å². The number of rotatable bonds is 4. The van der Waals surface area contributed by atoms with Crippen LogP contribution in [0.1, 0.15) is 85.3 Å². The van der Waals surface area contributed by atoms with Crippen LogP contribution in [0.25, 0.3) is 5.57 Å². The normalized spacial score (nSPS) is 30.5. The number of hydrogen-bond acceptors (Lipinski definition) is 1. The maximum Gasteiger partial charge on any atom is 0.0464 e. The van der Waals surface area contributed by atoms with Crippen LogP contribution in [0.3, 0.4) is 0 Å². The summed E-state index contributed by atoms with van der Waals surface area (Å²) >= 11 is 0. The van der Waals surface area contributed by atoms with Crippen molar-refractivity contribution in [2.45, 2.75) is 79.6 Å². The van der Waals surface area contributed by atoms with E-state index in [0.29, 0.717) is 5.92 Å². The van der Waals surface area contributed by atoms with Crippen molar-refractivity contribution < 1.29 is 0 Å². The molecule has 1 N–H and O–H groups in total. The molecule has 0 aromatic heterocycles. The highest BCUT2D eigenvalue weighted by Gasteiger charge is 2.35. The maximum atomic E-state index is 3.92. The lowest BCUT2D eigenvalue weighted by atomic mass is 9.72. The molecule has 37 heavy (non-hydrogen) atoms. The van der Waals surface area contributed by atoms with E-state index in [4.69, 9.17) is 0 Å². The van der Waals surface area contributed by atoms with Crippen LogP contribution < -0.4 is 5.32 Å². The van der Waals surface area contributed by atoms with Crippen molar-refractivity contribution in [2.75, 3.05) is 5.32 Å². The van der Waals surface area contributed by atoms with Gasteiger partial charge in [0.1, 0.15) is 0 Å². The number of benzene rings is 2. The van der Waals surface area contributed by atoms with Gasteiger partial charge in [0.05, 0.1) is 0 Å². The van der Waals surface area contributed by atoms with Crippen molar-refractivity contribution in [3.63, 3.8) is 0 Å². The molecule has 1 nitrogen and oxygen atoms in total. The fourth-order valence-electron chi connectivity index (χ4n) is 6.45. The molecule has 0 aliphatic heterocycles. The molecule has 2 aliphatic rings. The van der Waals surface area contributed by atoms with Crippen molar-refractivity contribution in [1.29, 1.82) is 0 Å². The molecule has 1 fully saturated rings. The van der Waals surface area contributed by atoms with Crippen LogP contribution in [-0.4, -0.2) is 0 Å². The molecule has 3 atom stereocenters. The maximum absolute atomic E-state index is 3.92. The Kier molecular flexibility index (Phi) is 8.32. The van der Waals surface area contributed by atoms with Gasteiger partial charge in [0.15, 0.2) is 0 Å². The number of para-hydroxylation sites is 2. The Hall–Kier alpha value is -2.80. The van der Waals surface area contributed by atoms with E-state index in [1.54, 1.807) is 0 Å². The van der Waals surface area contributed by atoms with E-state index in [1.165, 1.54) is 59.3 Å². The van der Waals surface area contributed by atoms with Gasteiger partial charge in [-0.15, -0.1) is 0 Å². The highest BCUT2D eigenvalue weighted by molar-refractivity contribution is 5.87. The first-order chi connectivity index (χ1) is 17.6. The molecule has 1 heteroatoms. The smallest absolute Gasteiger partial charge is 0.0464 e. The Bertz CT molecular complexity index is 1190. The van der Waals surface area contributed by atoms with Crippen LogP contribution >= 0.6 is 0 Å². The quantitative estimate of drug-likeness (QED) is 0.418. The van der Waals surface area contributed by atoms with Crippen molar-refractivity contribution in [3.8, 4) is 0 Å². The Morgan fingerprint density at radius 2 is 1.41 bits per heavy atom. The largest absolute Gasteiger partial charge is 0.355 e. The lowest BCUT2D eigenvalue weighted by Gasteiger charge is -2.34. The molecule has 0 heterocycles. The summed E-state index contributed by atoms with van der Waals surface area (Å²) in [5, 5.41) is 3.92. The summed E-state index contributed by atoms with van der Waals surface area (Å²) in [7, 11) is 0. The fraction of sp³-hybridized carbons (Fsp3) is 0.444. The van der Waals surface area contributed by atoms with Crippen LogP contribution in [-0.2, 0) is 5.41 Å². The summed E-state index contributed by atoms with van der Waals surface area (Å²) < 4.78 is 0. The lowest BCUT2D eigenvalue weighted by Crippen LogP contribution is -2.26. The number of hydrogen-bond donors (Lipinski definition) is 1. The molecule has 196 valence electrons. The summed E-state index contributed by atoms with van der Waals surface area (Å²) in [4.78, 5) is 0. The van der Waals surface area contributed by atoms with E-state index in [0.717, 1.165) is 11.8 Å². The molecule has 3 unspecified atom stereocenters. The number of anilines is 2. The monoisotopic (exact) mass is 493 g/mol. The molecule has 4 rings (SSSR count). The molecule has 0 amide bonds. The van der Waals surface area contributed by atoms with E-state index in [2.05, 4.69) is 139 Å². The van der Waals surface area contributed by atoms with E-state index in [1.807, 2.05) is 0 Å². The Balaban J connectivity index is 1.75. The third-order valence-corrected chi connectivity index (χ3v) is 8.48. The predicted octanol–water partition coefficient (Wildman–Crippen LogP) is 10.7. The van der Waals surface area contributed by atoms with Gasteiger partial charge >= 0.3 is 0 Å². The minimum absolute atomic E-state index is 0.170. The van der Waals surface area contributed by atoms with Crippen molar-refractivity contribution in [2.24, 2.45) is 23.2 Å². The standard InChI is InChI=1S/C36H47N/c1-26-20-21-27(2)25-36(7,24-26)32-17-11-13-19-34(32)37-33-18-12-10-16-31(33)30-23-22-29(35(4,5)6)15-9-8-14-28(30)3/h8-19,22-23,26-27,29,37H,20-21,24-25H2,1-7H3/b14-8-,15-9?,23-22-,30-28-. The Morgan fingerprint density at radius 3 is 2.08 bits per heavy atom. The zero-order chi connectivity index (χ0) is 26.6. The molecule has 2 aliphatic carbocycles. The number of allylic oxidation sites excluding steroid dienone is 8. The second kappa shape index (κ2) is 11.3. The molecule has 0 spiro atoms. The van der Waals surface area contributed by atoms with Crippen LogP contribution in [0.2, 0.25) is 0 Å². The van der Waals surface area contributed by atoms with E-state index < -0.39 is 0 Å². The van der Waals surface area contributed by atoms with Gasteiger partial charge in [0.25, 0.3) is 0 Å². The van der Waals surface area contributed by atoms with Crippen molar-refractivity contribution in [1.82, 2.24) is 0 Å². The molecule has 0 bridgehead atoms. The molecule has 0 saturated heterocycles. The Morgan fingerprint density at radius 1 is 0.784 bits per heavy atom. The molecule has 2 aromatic carbocycles. The second-order valence-electron chi connectivity index (χ2n) is 13.1. The van der Waals surface area contributed by atoms with Crippen molar-refractivity contribution >= 4 is 16.9 Å². The lowest BCUT2D eigenvalue weighted by molar-refractivity contribution is 0.335. The third kappa shape index (κ3) is 6.56. The van der Waals surface area contributed by atoms with E-state index in [9.17, 15) is 0 Å². The average Bonchev–Trinajstić information content (AvgIpc) is 2.90. The van der Waals surface area contributed by atoms with E-state index >= 15 is 0 Å². The zero-order valence-electron chi connectivity index (χ0n) is 24.1. The first-order valence-corrected chi connectivity index (χ1v) is 14.3. The minimum Gasteiger partial charge on any atom is -0.355 e. The van der Waals surface area contributed by atoms with Gasteiger partial charge in [-0.2, -0.15) is 0 Å². The third-order valence-electron chi connectivity index (χ3n) is 8.48. The van der Waals surface area contributed by atoms with Crippen LogP contribution in [0, 0.1) is 23.2 Å². The summed E-state index contributed by atoms with van der Waals surface area (Å²) in [5.74, 6) is 1.88. The average molecular weight is 494 g/mol. The van der Waals surface area contributed by atoms with Gasteiger partial charge in [-0.1, -0.05) is 127 Å². The van der Waals surface area contributed by atoms with E-state index in [-0.39, 0.29) is 10.8 Å². The van der Waals surface area contributed by atoms with Crippen LogP contribution in [0.5, 0.6) is 0 Å². The zero-order valence-corrected chi connectivity index (χ0v) is 24.1. The van der Waals surface area contributed by atoms with Crippen molar-refractivity contribution in [3.05, 3.63) is 102 Å². The molecule has 0 radical (unpaired) electrons. The molecule has 2 aromatic rings. The Labute approximate surface area is 226 Å².